The number of pyridine rings is 1. The highest BCUT2D eigenvalue weighted by atomic mass is 16.3. The van der Waals surface area contributed by atoms with E-state index < -0.39 is 17.4 Å². The quantitative estimate of drug-likeness (QED) is 0.342. The second-order valence-corrected chi connectivity index (χ2v) is 6.66. The van der Waals surface area contributed by atoms with Crippen molar-refractivity contribution >= 4 is 23.6 Å². The molecule has 0 bridgehead atoms. The average Bonchev–Trinajstić information content (AvgIpc) is 2.73. The van der Waals surface area contributed by atoms with Crippen LogP contribution in [-0.4, -0.2) is 32.9 Å². The fraction of sp³-hybridized carbons (Fsp3) is 0.261. The van der Waals surface area contributed by atoms with E-state index in [1.807, 2.05) is 6.07 Å². The lowest BCUT2D eigenvalue weighted by Crippen LogP contribution is -2.42. The molecule has 158 valence electrons. The van der Waals surface area contributed by atoms with Gasteiger partial charge in [0.1, 0.15) is 11.6 Å². The number of hydrogen-bond acceptors (Lipinski definition) is 5. The van der Waals surface area contributed by atoms with Crippen molar-refractivity contribution in [3.63, 3.8) is 0 Å². The number of aromatic hydroxyl groups is 1. The lowest BCUT2D eigenvalue weighted by Gasteiger charge is -2.25. The van der Waals surface area contributed by atoms with E-state index >= 15 is 0 Å². The SMILES string of the molecule is [C-]#[N+]c1c(C)c(C=CC=C/C=C2\C(=O)N(CC)C(=O)C(C#N)=C2C)c(=O)n(CC)c1O. The zero-order valence-corrected chi connectivity index (χ0v) is 17.8. The number of hydrogen-bond donors (Lipinski definition) is 1. The second kappa shape index (κ2) is 9.55. The van der Waals surface area contributed by atoms with Crippen LogP contribution in [0.25, 0.3) is 10.9 Å². The van der Waals surface area contributed by atoms with Crippen LogP contribution >= 0.6 is 0 Å². The molecular weight excluding hydrogens is 396 g/mol. The zero-order valence-electron chi connectivity index (χ0n) is 17.8. The van der Waals surface area contributed by atoms with E-state index in [4.69, 9.17) is 6.57 Å². The molecule has 1 aromatic rings. The number of aromatic nitrogens is 1. The number of rotatable bonds is 5. The molecule has 1 aliphatic rings. The van der Waals surface area contributed by atoms with Gasteiger partial charge >= 0.3 is 0 Å². The molecule has 2 amide bonds. The van der Waals surface area contributed by atoms with Crippen molar-refractivity contribution in [2.24, 2.45) is 0 Å². The van der Waals surface area contributed by atoms with Gasteiger partial charge in [0, 0.05) is 24.2 Å². The maximum Gasteiger partial charge on any atom is 0.271 e. The molecular formula is C23H22N4O4. The molecule has 0 radical (unpaired) electrons. The molecule has 0 spiro atoms. The molecule has 0 fully saturated rings. The van der Waals surface area contributed by atoms with Gasteiger partial charge in [-0.2, -0.15) is 5.26 Å². The van der Waals surface area contributed by atoms with Crippen LogP contribution in [0.4, 0.5) is 5.69 Å². The Bertz CT molecular complexity index is 1210. The summed E-state index contributed by atoms with van der Waals surface area (Å²) >= 11 is 0. The minimum absolute atomic E-state index is 0.0223. The van der Waals surface area contributed by atoms with Crippen LogP contribution in [0.3, 0.4) is 0 Å². The van der Waals surface area contributed by atoms with E-state index in [0.717, 1.165) is 9.47 Å². The highest BCUT2D eigenvalue weighted by molar-refractivity contribution is 6.18. The molecule has 1 N–H and O–H groups in total. The molecule has 2 rings (SSSR count). The second-order valence-electron chi connectivity index (χ2n) is 6.66. The summed E-state index contributed by atoms with van der Waals surface area (Å²) in [6.45, 7) is 14.1. The monoisotopic (exact) mass is 418 g/mol. The van der Waals surface area contributed by atoms with Crippen LogP contribution in [0.2, 0.25) is 0 Å². The number of carbonyl (C=O) groups is 2. The van der Waals surface area contributed by atoms with Crippen molar-refractivity contribution in [1.29, 1.82) is 5.26 Å². The predicted molar refractivity (Wildman–Crippen MR) is 116 cm³/mol. The number of likely N-dealkylation sites (N-methyl/N-ethyl adjacent to an activating group) is 1. The van der Waals surface area contributed by atoms with Crippen molar-refractivity contribution < 1.29 is 14.7 Å². The minimum Gasteiger partial charge on any atom is -0.503 e. The molecule has 31 heavy (non-hydrogen) atoms. The Morgan fingerprint density at radius 2 is 1.77 bits per heavy atom. The third-order valence-corrected chi connectivity index (χ3v) is 5.02. The molecule has 1 aromatic heterocycles. The molecule has 0 aliphatic carbocycles. The van der Waals surface area contributed by atoms with Crippen LogP contribution in [0.1, 0.15) is 31.9 Å². The van der Waals surface area contributed by atoms with Gasteiger partial charge in [-0.05, 0) is 44.9 Å². The highest BCUT2D eigenvalue weighted by Gasteiger charge is 2.33. The minimum atomic E-state index is -0.598. The maximum absolute atomic E-state index is 12.6. The van der Waals surface area contributed by atoms with E-state index in [1.165, 1.54) is 12.2 Å². The summed E-state index contributed by atoms with van der Waals surface area (Å²) in [4.78, 5) is 41.6. The summed E-state index contributed by atoms with van der Waals surface area (Å²) in [6.07, 6.45) is 7.77. The van der Waals surface area contributed by atoms with Gasteiger partial charge in [-0.25, -0.2) is 4.85 Å². The lowest BCUT2D eigenvalue weighted by molar-refractivity contribution is -0.140. The Morgan fingerprint density at radius 3 is 2.32 bits per heavy atom. The van der Waals surface area contributed by atoms with E-state index in [2.05, 4.69) is 4.85 Å². The van der Waals surface area contributed by atoms with Gasteiger partial charge in [0.05, 0.1) is 6.57 Å². The van der Waals surface area contributed by atoms with Gasteiger partial charge < -0.3 is 5.11 Å². The topological polar surface area (TPSA) is 108 Å². The van der Waals surface area contributed by atoms with Crippen LogP contribution in [0.5, 0.6) is 5.88 Å². The molecule has 1 aliphatic heterocycles. The summed E-state index contributed by atoms with van der Waals surface area (Å²) in [5.41, 5.74) is 0.761. The third-order valence-electron chi connectivity index (χ3n) is 5.02. The number of nitriles is 1. The summed E-state index contributed by atoms with van der Waals surface area (Å²) in [5.74, 6) is -1.42. The van der Waals surface area contributed by atoms with E-state index in [1.54, 1.807) is 45.9 Å². The Balaban J connectivity index is 2.43. The predicted octanol–water partition coefficient (Wildman–Crippen LogP) is 3.16. The van der Waals surface area contributed by atoms with Crippen molar-refractivity contribution in [3.8, 4) is 11.9 Å². The number of carbonyl (C=O) groups excluding carboxylic acids is 2. The number of allylic oxidation sites excluding steroid dienone is 4. The van der Waals surface area contributed by atoms with Gasteiger partial charge in [-0.15, -0.1) is 0 Å². The van der Waals surface area contributed by atoms with Gasteiger partial charge in [-0.3, -0.25) is 23.9 Å². The van der Waals surface area contributed by atoms with Crippen LogP contribution < -0.4 is 5.56 Å². The van der Waals surface area contributed by atoms with Crippen molar-refractivity contribution in [3.05, 3.63) is 73.9 Å². The molecule has 8 heteroatoms. The first-order valence-corrected chi connectivity index (χ1v) is 9.61. The smallest absolute Gasteiger partial charge is 0.271 e. The van der Waals surface area contributed by atoms with Crippen LogP contribution in [0.15, 0.2) is 45.8 Å². The normalized spacial score (nSPS) is 15.9. The summed E-state index contributed by atoms with van der Waals surface area (Å²) in [7, 11) is 0. The van der Waals surface area contributed by atoms with E-state index in [-0.39, 0.29) is 41.4 Å². The lowest BCUT2D eigenvalue weighted by atomic mass is 9.95. The summed E-state index contributed by atoms with van der Waals surface area (Å²) < 4.78 is 1.13. The number of imide groups is 1. The van der Waals surface area contributed by atoms with Crippen molar-refractivity contribution in [1.82, 2.24) is 9.47 Å². The van der Waals surface area contributed by atoms with Crippen LogP contribution in [0, 0.1) is 24.8 Å². The fourth-order valence-corrected chi connectivity index (χ4v) is 3.26. The molecule has 0 unspecified atom stereocenters. The van der Waals surface area contributed by atoms with Crippen LogP contribution in [-0.2, 0) is 16.1 Å². The van der Waals surface area contributed by atoms with E-state index in [9.17, 15) is 24.8 Å². The molecule has 0 aromatic carbocycles. The Hall–Kier alpha value is -4.17. The molecule has 2 heterocycles. The van der Waals surface area contributed by atoms with Gasteiger partial charge in [-0.1, -0.05) is 24.3 Å². The first-order chi connectivity index (χ1) is 14.7. The summed E-state index contributed by atoms with van der Waals surface area (Å²) in [6, 6.07) is 1.86. The number of nitrogens with zero attached hydrogens (tertiary/aromatic N) is 4. The van der Waals surface area contributed by atoms with E-state index in [0.29, 0.717) is 11.1 Å². The fourth-order valence-electron chi connectivity index (χ4n) is 3.26. The van der Waals surface area contributed by atoms with Crippen molar-refractivity contribution in [2.45, 2.75) is 34.2 Å². The van der Waals surface area contributed by atoms with Gasteiger partial charge in [0.15, 0.2) is 5.88 Å². The standard InChI is InChI=1S/C23H22N4O4/c1-6-26-20(28)16(14(3)18(13-24)22(26)30)11-9-8-10-12-17-15(4)19(25-5)23(31)27(7-2)21(17)29/h8-12,31H,6-7H2,1-4H3/b9-8?,12-10?,16-11-. The molecule has 8 nitrogen and oxygen atoms in total. The van der Waals surface area contributed by atoms with Gasteiger partial charge in [0.2, 0.25) is 5.69 Å². The number of amides is 2. The highest BCUT2D eigenvalue weighted by Crippen LogP contribution is 2.31. The summed E-state index contributed by atoms with van der Waals surface area (Å²) in [5, 5.41) is 19.3. The molecule has 0 atom stereocenters. The maximum atomic E-state index is 12.6. The zero-order chi connectivity index (χ0) is 23.3. The average molecular weight is 418 g/mol. The first kappa shape index (κ1) is 23.1. The first-order valence-electron chi connectivity index (χ1n) is 9.61. The Kier molecular flexibility index (Phi) is 7.12. The van der Waals surface area contributed by atoms with Crippen molar-refractivity contribution in [2.75, 3.05) is 6.54 Å². The Morgan fingerprint density at radius 1 is 1.10 bits per heavy atom. The molecule has 0 saturated carbocycles. The Labute approximate surface area is 180 Å². The molecule has 0 saturated heterocycles. The third kappa shape index (κ3) is 4.10. The van der Waals surface area contributed by atoms with Gasteiger partial charge in [0.25, 0.3) is 17.4 Å². The largest absolute Gasteiger partial charge is 0.503 e.